The molecule has 0 aliphatic carbocycles. The van der Waals surface area contributed by atoms with Gasteiger partial charge in [0.15, 0.2) is 0 Å². The van der Waals surface area contributed by atoms with Crippen LogP contribution < -0.4 is 0 Å². The van der Waals surface area contributed by atoms with E-state index in [1.54, 1.807) is 19.1 Å². The molecule has 0 atom stereocenters. The molecule has 0 heterocycles. The Bertz CT molecular complexity index is 551. The fraction of sp³-hybridized carbons (Fsp3) is 0.333. The Hall–Kier alpha value is -1.22. The molecule has 2 aromatic rings. The van der Waals surface area contributed by atoms with E-state index in [2.05, 4.69) is 15.9 Å². The van der Waals surface area contributed by atoms with Gasteiger partial charge in [0.05, 0.1) is 4.47 Å². The first-order valence-corrected chi connectivity index (χ1v) is 7.76. The van der Waals surface area contributed by atoms with E-state index in [4.69, 9.17) is 0 Å². The van der Waals surface area contributed by atoms with Crippen LogP contribution in [0, 0.1) is 39.3 Å². The first kappa shape index (κ1) is 19.8. The van der Waals surface area contributed by atoms with Crippen molar-refractivity contribution in [3.63, 3.8) is 0 Å². The highest BCUT2D eigenvalue weighted by atomic mass is 79.9. The van der Waals surface area contributed by atoms with Crippen molar-refractivity contribution in [2.24, 2.45) is 0 Å². The molecule has 0 unspecified atom stereocenters. The molecule has 0 aliphatic heterocycles. The number of halogens is 3. The summed E-state index contributed by atoms with van der Waals surface area (Å²) in [5, 5.41) is 0. The lowest BCUT2D eigenvalue weighted by atomic mass is 10.1. The fourth-order valence-corrected chi connectivity index (χ4v) is 1.88. The van der Waals surface area contributed by atoms with Crippen LogP contribution in [-0.2, 0) is 0 Å². The molecule has 3 heteroatoms. The summed E-state index contributed by atoms with van der Waals surface area (Å²) in [6.07, 6.45) is 0. The molecule has 0 aromatic heterocycles. The van der Waals surface area contributed by atoms with E-state index < -0.39 is 0 Å². The molecule has 0 spiro atoms. The second-order valence-corrected chi connectivity index (χ2v) is 5.39. The molecule has 0 saturated carbocycles. The van der Waals surface area contributed by atoms with Crippen LogP contribution in [0.25, 0.3) is 0 Å². The van der Waals surface area contributed by atoms with Crippen LogP contribution in [0.15, 0.2) is 34.8 Å². The van der Waals surface area contributed by atoms with Crippen molar-refractivity contribution in [3.8, 4) is 0 Å². The maximum absolute atomic E-state index is 12.9. The molecule has 0 amide bonds. The molecular weight excluding hydrogens is 334 g/mol. The zero-order valence-electron chi connectivity index (χ0n) is 13.5. The second-order valence-electron chi connectivity index (χ2n) is 4.53. The van der Waals surface area contributed by atoms with E-state index in [1.165, 1.54) is 12.1 Å². The Balaban J connectivity index is 0.000000342. The van der Waals surface area contributed by atoms with E-state index in [0.717, 1.165) is 22.3 Å². The third-order valence-electron chi connectivity index (χ3n) is 3.08. The van der Waals surface area contributed by atoms with Crippen LogP contribution in [-0.4, -0.2) is 0 Å². The summed E-state index contributed by atoms with van der Waals surface area (Å²) in [4.78, 5) is 0. The third-order valence-corrected chi connectivity index (χ3v) is 3.69. The van der Waals surface area contributed by atoms with Crippen molar-refractivity contribution in [2.75, 3.05) is 0 Å². The van der Waals surface area contributed by atoms with Gasteiger partial charge in [-0.2, -0.15) is 0 Å². The Kier molecular flexibility index (Phi) is 9.11. The summed E-state index contributed by atoms with van der Waals surface area (Å²) in [7, 11) is 0. The highest BCUT2D eigenvalue weighted by Gasteiger charge is 2.03. The largest absolute Gasteiger partial charge is 0.207 e. The molecule has 21 heavy (non-hydrogen) atoms. The fourth-order valence-electron chi connectivity index (χ4n) is 1.45. The van der Waals surface area contributed by atoms with Crippen LogP contribution in [0.2, 0.25) is 0 Å². The summed E-state index contributed by atoms with van der Waals surface area (Å²) < 4.78 is 25.8. The smallest absolute Gasteiger partial charge is 0.140 e. The summed E-state index contributed by atoms with van der Waals surface area (Å²) in [5.41, 5.74) is 3.85. The van der Waals surface area contributed by atoms with Gasteiger partial charge in [0, 0.05) is 0 Å². The minimum absolute atomic E-state index is 0.153. The average molecular weight is 357 g/mol. The predicted molar refractivity (Wildman–Crippen MR) is 90.8 cm³/mol. The van der Waals surface area contributed by atoms with Crippen LogP contribution in [0.3, 0.4) is 0 Å². The molecule has 0 N–H and O–H groups in total. The lowest BCUT2D eigenvalue weighted by Gasteiger charge is -2.01. The van der Waals surface area contributed by atoms with E-state index >= 15 is 0 Å². The van der Waals surface area contributed by atoms with Crippen molar-refractivity contribution < 1.29 is 8.78 Å². The van der Waals surface area contributed by atoms with Gasteiger partial charge in [-0.1, -0.05) is 26.0 Å². The molecule has 0 nitrogen and oxygen atoms in total. The quantitative estimate of drug-likeness (QED) is 0.494. The maximum atomic E-state index is 12.9. The van der Waals surface area contributed by atoms with Crippen molar-refractivity contribution in [1.82, 2.24) is 0 Å². The van der Waals surface area contributed by atoms with Gasteiger partial charge in [-0.25, -0.2) is 8.78 Å². The number of rotatable bonds is 0. The Morgan fingerprint density at radius 3 is 1.71 bits per heavy atom. The summed E-state index contributed by atoms with van der Waals surface area (Å²) >= 11 is 3.11. The lowest BCUT2D eigenvalue weighted by Crippen LogP contribution is -1.87. The van der Waals surface area contributed by atoms with Crippen molar-refractivity contribution in [2.45, 2.75) is 41.5 Å². The average Bonchev–Trinajstić information content (AvgIpc) is 2.48. The molecule has 2 rings (SSSR count). The first-order valence-electron chi connectivity index (χ1n) is 6.97. The van der Waals surface area contributed by atoms with Gasteiger partial charge in [-0.05, 0) is 84.1 Å². The Morgan fingerprint density at radius 1 is 0.762 bits per heavy atom. The van der Waals surface area contributed by atoms with E-state index in [9.17, 15) is 8.78 Å². The number of hydrogen-bond donors (Lipinski definition) is 0. The van der Waals surface area contributed by atoms with E-state index in [1.807, 2.05) is 40.7 Å². The van der Waals surface area contributed by atoms with Crippen LogP contribution >= 0.6 is 15.9 Å². The van der Waals surface area contributed by atoms with Gasteiger partial charge in [0.1, 0.15) is 11.6 Å². The summed E-state index contributed by atoms with van der Waals surface area (Å²) in [6.45, 7) is 11.5. The van der Waals surface area contributed by atoms with Crippen LogP contribution in [0.4, 0.5) is 8.78 Å². The summed E-state index contributed by atoms with van der Waals surface area (Å²) in [5.74, 6) is -0.307. The van der Waals surface area contributed by atoms with E-state index in [0.29, 0.717) is 4.47 Å². The van der Waals surface area contributed by atoms with Crippen LogP contribution in [0.5, 0.6) is 0 Å². The normalized spacial score (nSPS) is 9.19. The van der Waals surface area contributed by atoms with Gasteiger partial charge in [-0.3, -0.25) is 0 Å². The summed E-state index contributed by atoms with van der Waals surface area (Å²) in [6, 6.07) is 8.41. The van der Waals surface area contributed by atoms with Crippen LogP contribution in [0.1, 0.15) is 36.1 Å². The predicted octanol–water partition coefficient (Wildman–Crippen LogP) is 6.67. The second kappa shape index (κ2) is 9.67. The number of aryl methyl sites for hydroxylation is 3. The van der Waals surface area contributed by atoms with Crippen molar-refractivity contribution >= 4 is 15.9 Å². The zero-order valence-corrected chi connectivity index (χ0v) is 15.1. The molecule has 0 radical (unpaired) electrons. The standard InChI is InChI=1S/C8H8BrF.C8H9F.C2H6/c1-5-3-4-7(9)8(10)6(5)2;1-6-3-4-8(9)5-7(6)2;1-2/h3-4H,1-2H3;3-5H,1-2H3;1-2H3. The minimum Gasteiger partial charge on any atom is -0.207 e. The Morgan fingerprint density at radius 2 is 1.29 bits per heavy atom. The SMILES string of the molecule is CC.Cc1ccc(Br)c(F)c1C.Cc1ccc(F)cc1C. The molecular formula is C18H23BrF2. The first-order chi connectivity index (χ1) is 9.82. The van der Waals surface area contributed by atoms with Gasteiger partial charge in [0.2, 0.25) is 0 Å². The zero-order chi connectivity index (χ0) is 16.6. The molecule has 0 fully saturated rings. The Labute approximate surface area is 135 Å². The van der Waals surface area contributed by atoms with Gasteiger partial charge in [0.25, 0.3) is 0 Å². The van der Waals surface area contributed by atoms with E-state index in [-0.39, 0.29) is 11.6 Å². The molecule has 0 bridgehead atoms. The molecule has 0 aliphatic rings. The molecule has 116 valence electrons. The third kappa shape index (κ3) is 6.38. The minimum atomic E-state index is -0.155. The molecule has 2 aromatic carbocycles. The number of benzene rings is 2. The molecule has 0 saturated heterocycles. The van der Waals surface area contributed by atoms with Crippen molar-refractivity contribution in [1.29, 1.82) is 0 Å². The highest BCUT2D eigenvalue weighted by Crippen LogP contribution is 2.20. The topological polar surface area (TPSA) is 0 Å². The van der Waals surface area contributed by atoms with Gasteiger partial charge in [-0.15, -0.1) is 0 Å². The lowest BCUT2D eigenvalue weighted by molar-refractivity contribution is 0.610. The monoisotopic (exact) mass is 356 g/mol. The van der Waals surface area contributed by atoms with Crippen molar-refractivity contribution in [3.05, 3.63) is 68.7 Å². The highest BCUT2D eigenvalue weighted by molar-refractivity contribution is 9.10. The maximum Gasteiger partial charge on any atom is 0.140 e. The van der Waals surface area contributed by atoms with Gasteiger partial charge < -0.3 is 0 Å². The number of hydrogen-bond acceptors (Lipinski definition) is 0. The van der Waals surface area contributed by atoms with Gasteiger partial charge >= 0.3 is 0 Å².